The van der Waals surface area contributed by atoms with Crippen molar-refractivity contribution in [3.8, 4) is 5.75 Å². The van der Waals surface area contributed by atoms with Crippen LogP contribution in [0.2, 0.25) is 0 Å². The molecular formula is C21H32O3. The van der Waals surface area contributed by atoms with Gasteiger partial charge in [0.1, 0.15) is 5.75 Å². The Labute approximate surface area is 146 Å². The monoisotopic (exact) mass is 332 g/mol. The largest absolute Gasteiger partial charge is 0.496 e. The van der Waals surface area contributed by atoms with Gasteiger partial charge >= 0.3 is 5.97 Å². The maximum atomic E-state index is 10.6. The highest BCUT2D eigenvalue weighted by Gasteiger charge is 2.04. The lowest BCUT2D eigenvalue weighted by molar-refractivity contribution is -0.131. The number of aryl methyl sites for hydroxylation is 1. The van der Waals surface area contributed by atoms with Crippen LogP contribution in [0.4, 0.5) is 0 Å². The number of methoxy groups -OCH3 is 1. The Kier molecular flexibility index (Phi) is 10.7. The molecule has 1 aromatic rings. The SMILES string of the molecule is CCCCCCCCCCCc1ccc(C=CC(=O)O)cc1OC. The van der Waals surface area contributed by atoms with Gasteiger partial charge in [-0.25, -0.2) is 4.79 Å². The van der Waals surface area contributed by atoms with Crippen LogP contribution in [0.3, 0.4) is 0 Å². The fraction of sp³-hybridized carbons (Fsp3) is 0.571. The Hall–Kier alpha value is -1.77. The molecule has 1 aromatic carbocycles. The Bertz CT molecular complexity index is 506. The molecule has 0 fully saturated rings. The van der Waals surface area contributed by atoms with Gasteiger partial charge in [-0.3, -0.25) is 0 Å². The minimum Gasteiger partial charge on any atom is -0.496 e. The smallest absolute Gasteiger partial charge is 0.328 e. The Morgan fingerprint density at radius 3 is 2.25 bits per heavy atom. The molecule has 0 aliphatic carbocycles. The summed E-state index contributed by atoms with van der Waals surface area (Å²) in [6.07, 6.45) is 15.7. The van der Waals surface area contributed by atoms with Crippen molar-refractivity contribution in [1.82, 2.24) is 0 Å². The second kappa shape index (κ2) is 12.6. The molecule has 3 nitrogen and oxygen atoms in total. The van der Waals surface area contributed by atoms with Crippen LogP contribution < -0.4 is 4.74 Å². The molecule has 0 aliphatic heterocycles. The molecule has 0 bridgehead atoms. The number of benzene rings is 1. The number of carbonyl (C=O) groups is 1. The number of carboxylic acids is 1. The van der Waals surface area contributed by atoms with E-state index in [4.69, 9.17) is 9.84 Å². The standard InChI is InChI=1S/C21H32O3/c1-3-4-5-6-7-8-9-10-11-12-19-15-13-18(14-16-21(22)23)17-20(19)24-2/h13-17H,3-12H2,1-2H3,(H,22,23). The average Bonchev–Trinajstić information content (AvgIpc) is 2.59. The Morgan fingerprint density at radius 2 is 1.67 bits per heavy atom. The number of aliphatic carboxylic acids is 1. The maximum Gasteiger partial charge on any atom is 0.328 e. The van der Waals surface area contributed by atoms with Crippen molar-refractivity contribution in [2.75, 3.05) is 7.11 Å². The van der Waals surface area contributed by atoms with E-state index in [2.05, 4.69) is 6.92 Å². The summed E-state index contributed by atoms with van der Waals surface area (Å²) in [5.41, 5.74) is 2.05. The topological polar surface area (TPSA) is 46.5 Å². The van der Waals surface area contributed by atoms with Gasteiger partial charge in [-0.1, -0.05) is 70.4 Å². The van der Waals surface area contributed by atoms with Crippen LogP contribution in [0.5, 0.6) is 5.75 Å². The zero-order valence-electron chi connectivity index (χ0n) is 15.2. The average molecular weight is 332 g/mol. The Balaban J connectivity index is 2.30. The van der Waals surface area contributed by atoms with Crippen molar-refractivity contribution in [2.24, 2.45) is 0 Å². The van der Waals surface area contributed by atoms with Crippen molar-refractivity contribution in [2.45, 2.75) is 71.1 Å². The zero-order valence-corrected chi connectivity index (χ0v) is 15.2. The summed E-state index contributed by atoms with van der Waals surface area (Å²) in [6.45, 7) is 2.25. The normalized spacial score (nSPS) is 11.1. The first kappa shape index (κ1) is 20.3. The van der Waals surface area contributed by atoms with E-state index < -0.39 is 5.97 Å². The molecule has 1 rings (SSSR count). The van der Waals surface area contributed by atoms with E-state index in [1.807, 2.05) is 18.2 Å². The molecule has 0 saturated heterocycles. The number of unbranched alkanes of at least 4 members (excludes halogenated alkanes) is 8. The lowest BCUT2D eigenvalue weighted by Crippen LogP contribution is -1.94. The molecule has 0 unspecified atom stereocenters. The number of carboxylic acid groups (broad SMARTS) is 1. The van der Waals surface area contributed by atoms with E-state index in [1.54, 1.807) is 13.2 Å². The van der Waals surface area contributed by atoms with Crippen LogP contribution >= 0.6 is 0 Å². The molecule has 0 aromatic heterocycles. The number of rotatable bonds is 13. The van der Waals surface area contributed by atoms with Crippen LogP contribution in [0, 0.1) is 0 Å². The molecular weight excluding hydrogens is 300 g/mol. The molecule has 0 aliphatic rings. The van der Waals surface area contributed by atoms with Crippen LogP contribution in [0.1, 0.15) is 75.8 Å². The van der Waals surface area contributed by atoms with Gasteiger partial charge in [0.2, 0.25) is 0 Å². The summed E-state index contributed by atoms with van der Waals surface area (Å²) in [7, 11) is 1.67. The van der Waals surface area contributed by atoms with E-state index in [1.165, 1.54) is 63.4 Å². The second-order valence-corrected chi connectivity index (χ2v) is 6.32. The number of ether oxygens (including phenoxy) is 1. The first-order chi connectivity index (χ1) is 11.7. The predicted octanol–water partition coefficient (Wildman–Crippen LogP) is 5.87. The van der Waals surface area contributed by atoms with E-state index in [-0.39, 0.29) is 0 Å². The van der Waals surface area contributed by atoms with Crippen LogP contribution in [-0.4, -0.2) is 18.2 Å². The lowest BCUT2D eigenvalue weighted by atomic mass is 10.0. The van der Waals surface area contributed by atoms with Gasteiger partial charge < -0.3 is 9.84 Å². The summed E-state index contributed by atoms with van der Waals surface area (Å²) in [5, 5.41) is 8.69. The van der Waals surface area contributed by atoms with Gasteiger partial charge in [0, 0.05) is 6.08 Å². The molecule has 0 saturated carbocycles. The minimum atomic E-state index is -0.937. The molecule has 1 N–H and O–H groups in total. The van der Waals surface area contributed by atoms with Gasteiger partial charge in [0.05, 0.1) is 7.11 Å². The third-order valence-electron chi connectivity index (χ3n) is 4.28. The third-order valence-corrected chi connectivity index (χ3v) is 4.28. The van der Waals surface area contributed by atoms with Gasteiger partial charge in [-0.05, 0) is 36.1 Å². The van der Waals surface area contributed by atoms with E-state index in [0.29, 0.717) is 0 Å². The van der Waals surface area contributed by atoms with Crippen molar-refractivity contribution >= 4 is 12.0 Å². The predicted molar refractivity (Wildman–Crippen MR) is 101 cm³/mol. The van der Waals surface area contributed by atoms with Crippen molar-refractivity contribution in [3.63, 3.8) is 0 Å². The van der Waals surface area contributed by atoms with Crippen LogP contribution in [0.15, 0.2) is 24.3 Å². The first-order valence-electron chi connectivity index (χ1n) is 9.25. The Morgan fingerprint density at radius 1 is 1.04 bits per heavy atom. The van der Waals surface area contributed by atoms with E-state index in [9.17, 15) is 4.79 Å². The van der Waals surface area contributed by atoms with Gasteiger partial charge in [-0.2, -0.15) is 0 Å². The van der Waals surface area contributed by atoms with Crippen LogP contribution in [0.25, 0.3) is 6.08 Å². The highest BCUT2D eigenvalue weighted by molar-refractivity contribution is 5.85. The minimum absolute atomic E-state index is 0.849. The fourth-order valence-electron chi connectivity index (χ4n) is 2.86. The van der Waals surface area contributed by atoms with E-state index >= 15 is 0 Å². The maximum absolute atomic E-state index is 10.6. The summed E-state index contributed by atoms with van der Waals surface area (Å²) in [4.78, 5) is 10.6. The third kappa shape index (κ3) is 8.76. The van der Waals surface area contributed by atoms with Crippen molar-refractivity contribution in [3.05, 3.63) is 35.4 Å². The molecule has 0 heterocycles. The molecule has 0 radical (unpaired) electrons. The van der Waals surface area contributed by atoms with E-state index in [0.717, 1.165) is 23.8 Å². The zero-order chi connectivity index (χ0) is 17.6. The second-order valence-electron chi connectivity index (χ2n) is 6.32. The van der Waals surface area contributed by atoms with Gasteiger partial charge in [0.15, 0.2) is 0 Å². The van der Waals surface area contributed by atoms with Crippen LogP contribution in [-0.2, 0) is 11.2 Å². The number of hydrogen-bond donors (Lipinski definition) is 1. The molecule has 134 valence electrons. The first-order valence-corrected chi connectivity index (χ1v) is 9.25. The van der Waals surface area contributed by atoms with Gasteiger partial charge in [0.25, 0.3) is 0 Å². The quantitative estimate of drug-likeness (QED) is 0.363. The summed E-state index contributed by atoms with van der Waals surface area (Å²) in [6, 6.07) is 5.90. The fourth-order valence-corrected chi connectivity index (χ4v) is 2.86. The molecule has 0 spiro atoms. The van der Waals surface area contributed by atoms with Crippen molar-refractivity contribution < 1.29 is 14.6 Å². The molecule has 0 amide bonds. The molecule has 3 heteroatoms. The molecule has 0 atom stereocenters. The summed E-state index contributed by atoms with van der Waals surface area (Å²) < 4.78 is 5.44. The molecule has 24 heavy (non-hydrogen) atoms. The van der Waals surface area contributed by atoms with Crippen molar-refractivity contribution in [1.29, 1.82) is 0 Å². The lowest BCUT2D eigenvalue weighted by Gasteiger charge is -2.09. The highest BCUT2D eigenvalue weighted by atomic mass is 16.5. The highest BCUT2D eigenvalue weighted by Crippen LogP contribution is 2.23. The summed E-state index contributed by atoms with van der Waals surface area (Å²) >= 11 is 0. The van der Waals surface area contributed by atoms with Gasteiger partial charge in [-0.15, -0.1) is 0 Å². The summed E-state index contributed by atoms with van der Waals surface area (Å²) in [5.74, 6) is -0.0881. The number of hydrogen-bond acceptors (Lipinski definition) is 2.